The first-order chi connectivity index (χ1) is 14.2. The van der Waals surface area contributed by atoms with E-state index in [1.54, 1.807) is 0 Å². The van der Waals surface area contributed by atoms with Crippen LogP contribution in [-0.2, 0) is 0 Å². The molecule has 0 aliphatic rings. The molecule has 0 spiro atoms. The highest BCUT2D eigenvalue weighted by molar-refractivity contribution is 4.74. The fraction of sp³-hybridized carbons (Fsp3) is 1.00. The van der Waals surface area contributed by atoms with Crippen LogP contribution in [0.3, 0.4) is 0 Å². The molecule has 0 bridgehead atoms. The zero-order valence-corrected chi connectivity index (χ0v) is 18.5. The van der Waals surface area contributed by atoms with Gasteiger partial charge in [0, 0.05) is 10.8 Å². The highest BCUT2D eigenvalue weighted by Crippen LogP contribution is 2.18. The van der Waals surface area contributed by atoms with Crippen LogP contribution < -0.4 is 0 Å². The summed E-state index contributed by atoms with van der Waals surface area (Å²) in [4.78, 5) is 0. The van der Waals surface area contributed by atoms with E-state index in [0.717, 1.165) is 12.8 Å². The van der Waals surface area contributed by atoms with Crippen molar-refractivity contribution in [2.24, 2.45) is 10.8 Å². The van der Waals surface area contributed by atoms with Gasteiger partial charge < -0.3 is 51.1 Å². The fourth-order valence-corrected chi connectivity index (χ4v) is 1.91. The fourth-order valence-electron chi connectivity index (χ4n) is 1.91. The molecule has 0 fully saturated rings. The number of unbranched alkanes of at least 4 members (excludes halogenated alkanes) is 1. The molecule has 0 aliphatic heterocycles. The molecular weight excluding hydrogens is 400 g/mol. The number of hydrogen-bond acceptors (Lipinski definition) is 10. The molecule has 0 saturated heterocycles. The molecule has 0 heterocycles. The summed E-state index contributed by atoms with van der Waals surface area (Å²) < 4.78 is 0. The quantitative estimate of drug-likeness (QED) is 0.125. The Kier molecular flexibility index (Phi) is 24.9. The van der Waals surface area contributed by atoms with Crippen LogP contribution in [0.4, 0.5) is 0 Å². The second kappa shape index (κ2) is 21.8. The predicted octanol–water partition coefficient (Wildman–Crippen LogP) is -2.03. The lowest BCUT2D eigenvalue weighted by molar-refractivity contribution is 0.00275. The van der Waals surface area contributed by atoms with Crippen molar-refractivity contribution in [1.82, 2.24) is 0 Å². The van der Waals surface area contributed by atoms with Crippen molar-refractivity contribution in [3.05, 3.63) is 0 Å². The number of rotatable bonds is 15. The van der Waals surface area contributed by atoms with E-state index >= 15 is 0 Å². The second-order valence-electron chi connectivity index (χ2n) is 7.61. The van der Waals surface area contributed by atoms with E-state index in [0.29, 0.717) is 25.7 Å². The minimum Gasteiger partial charge on any atom is -0.396 e. The van der Waals surface area contributed by atoms with Crippen LogP contribution in [0.1, 0.15) is 52.4 Å². The standard InChI is InChI=1S/C8H18O4.2C6H14O3/c9-5-7(11)3-1-2-4-8(12)6-10;2*1-2-6(3-7,4-8)5-9/h7-12H,1-6H2;2*7-9H,2-5H2,1H3. The molecule has 2 atom stereocenters. The van der Waals surface area contributed by atoms with Crippen LogP contribution in [0, 0.1) is 10.8 Å². The molecule has 0 saturated carbocycles. The van der Waals surface area contributed by atoms with Crippen LogP contribution in [0.5, 0.6) is 0 Å². The van der Waals surface area contributed by atoms with Gasteiger partial charge in [-0.3, -0.25) is 0 Å². The van der Waals surface area contributed by atoms with Crippen molar-refractivity contribution >= 4 is 0 Å². The van der Waals surface area contributed by atoms with Crippen LogP contribution in [0.15, 0.2) is 0 Å². The Morgan fingerprint density at radius 2 is 0.733 bits per heavy atom. The SMILES string of the molecule is CCC(CO)(CO)CO.CCC(CO)(CO)CO.OCC(O)CCCCC(O)CO. The summed E-state index contributed by atoms with van der Waals surface area (Å²) >= 11 is 0. The van der Waals surface area contributed by atoms with Crippen molar-refractivity contribution in [3.8, 4) is 0 Å². The van der Waals surface area contributed by atoms with E-state index in [9.17, 15) is 0 Å². The Labute approximate surface area is 180 Å². The monoisotopic (exact) mass is 446 g/mol. The number of aliphatic hydroxyl groups excluding tert-OH is 10. The van der Waals surface area contributed by atoms with Crippen molar-refractivity contribution in [3.63, 3.8) is 0 Å². The maximum absolute atomic E-state index is 8.92. The zero-order chi connectivity index (χ0) is 24.1. The average Bonchev–Trinajstić information content (AvgIpc) is 2.81. The summed E-state index contributed by atoms with van der Waals surface area (Å²) in [6.45, 7) is 2.30. The highest BCUT2D eigenvalue weighted by Gasteiger charge is 2.25. The lowest BCUT2D eigenvalue weighted by atomic mass is 9.88. The van der Waals surface area contributed by atoms with Gasteiger partial charge in [0.2, 0.25) is 0 Å². The molecular formula is C20H46O10. The summed E-state index contributed by atoms with van der Waals surface area (Å²) in [5, 5.41) is 86.7. The second-order valence-corrected chi connectivity index (χ2v) is 7.61. The zero-order valence-electron chi connectivity index (χ0n) is 18.5. The molecule has 0 aromatic heterocycles. The Hall–Kier alpha value is -0.400. The lowest BCUT2D eigenvalue weighted by Gasteiger charge is -2.24. The summed E-state index contributed by atoms with van der Waals surface area (Å²) in [5.74, 6) is 0. The summed E-state index contributed by atoms with van der Waals surface area (Å²) in [6, 6.07) is 0. The van der Waals surface area contributed by atoms with Crippen LogP contribution >= 0.6 is 0 Å². The topological polar surface area (TPSA) is 202 Å². The molecule has 0 aromatic carbocycles. The smallest absolute Gasteiger partial charge is 0.0770 e. The van der Waals surface area contributed by atoms with Crippen molar-refractivity contribution in [2.45, 2.75) is 64.6 Å². The molecule has 30 heavy (non-hydrogen) atoms. The van der Waals surface area contributed by atoms with Crippen molar-refractivity contribution in [1.29, 1.82) is 0 Å². The molecule has 0 amide bonds. The average molecular weight is 447 g/mol. The van der Waals surface area contributed by atoms with Crippen molar-refractivity contribution < 1.29 is 51.1 Å². The molecule has 0 aliphatic carbocycles. The van der Waals surface area contributed by atoms with Gasteiger partial charge in [-0.25, -0.2) is 0 Å². The van der Waals surface area contributed by atoms with E-state index in [1.807, 2.05) is 13.8 Å². The first kappa shape index (κ1) is 34.2. The van der Waals surface area contributed by atoms with E-state index < -0.39 is 23.0 Å². The van der Waals surface area contributed by atoms with E-state index in [4.69, 9.17) is 51.1 Å². The first-order valence-corrected chi connectivity index (χ1v) is 10.4. The van der Waals surface area contributed by atoms with Crippen molar-refractivity contribution in [2.75, 3.05) is 52.9 Å². The van der Waals surface area contributed by atoms with Gasteiger partial charge in [0.1, 0.15) is 0 Å². The molecule has 10 nitrogen and oxygen atoms in total. The minimum absolute atomic E-state index is 0.156. The van der Waals surface area contributed by atoms with Gasteiger partial charge in [-0.05, 0) is 25.7 Å². The maximum Gasteiger partial charge on any atom is 0.0770 e. The molecule has 10 heteroatoms. The van der Waals surface area contributed by atoms with Gasteiger partial charge in [-0.2, -0.15) is 0 Å². The molecule has 10 N–H and O–H groups in total. The number of hydrogen-bond donors (Lipinski definition) is 10. The van der Waals surface area contributed by atoms with Gasteiger partial charge >= 0.3 is 0 Å². The Balaban J connectivity index is -0.000000371. The normalized spacial score (nSPS) is 13.6. The third-order valence-electron chi connectivity index (χ3n) is 5.26. The summed E-state index contributed by atoms with van der Waals surface area (Å²) in [5.41, 5.74) is -1.33. The largest absolute Gasteiger partial charge is 0.396 e. The Morgan fingerprint density at radius 3 is 0.833 bits per heavy atom. The summed E-state index contributed by atoms with van der Waals surface area (Å²) in [6.07, 6.45) is 2.53. The van der Waals surface area contributed by atoms with Gasteiger partial charge in [-0.15, -0.1) is 0 Å². The maximum atomic E-state index is 8.92. The third-order valence-corrected chi connectivity index (χ3v) is 5.26. The highest BCUT2D eigenvalue weighted by atomic mass is 16.3. The third kappa shape index (κ3) is 16.3. The lowest BCUT2D eigenvalue weighted by Crippen LogP contribution is -2.32. The van der Waals surface area contributed by atoms with E-state index in [1.165, 1.54) is 0 Å². The van der Waals surface area contributed by atoms with Crippen LogP contribution in [0.25, 0.3) is 0 Å². The van der Waals surface area contributed by atoms with Crippen LogP contribution in [-0.4, -0.2) is 116 Å². The van der Waals surface area contributed by atoms with Gasteiger partial charge in [0.15, 0.2) is 0 Å². The van der Waals surface area contributed by atoms with Gasteiger partial charge in [-0.1, -0.05) is 26.7 Å². The molecule has 2 unspecified atom stereocenters. The summed E-state index contributed by atoms with van der Waals surface area (Å²) in [7, 11) is 0. The van der Waals surface area contributed by atoms with E-state index in [2.05, 4.69) is 0 Å². The Bertz CT molecular complexity index is 269. The number of aliphatic hydroxyl groups is 10. The van der Waals surface area contributed by atoms with Gasteiger partial charge in [0.05, 0.1) is 65.1 Å². The molecule has 0 radical (unpaired) electrons. The van der Waals surface area contributed by atoms with E-state index in [-0.39, 0.29) is 52.9 Å². The molecule has 0 rings (SSSR count). The Morgan fingerprint density at radius 1 is 0.500 bits per heavy atom. The first-order valence-electron chi connectivity index (χ1n) is 10.4. The molecule has 0 aromatic rings. The van der Waals surface area contributed by atoms with Gasteiger partial charge in [0.25, 0.3) is 0 Å². The predicted molar refractivity (Wildman–Crippen MR) is 113 cm³/mol. The minimum atomic E-state index is -0.667. The molecule has 186 valence electrons. The van der Waals surface area contributed by atoms with Crippen LogP contribution in [0.2, 0.25) is 0 Å².